The van der Waals surface area contributed by atoms with Crippen molar-refractivity contribution in [2.45, 2.75) is 26.7 Å². The lowest BCUT2D eigenvalue weighted by Gasteiger charge is -2.17. The van der Waals surface area contributed by atoms with E-state index >= 15 is 0 Å². The molecular weight excluding hydrogens is 428 g/mol. The van der Waals surface area contributed by atoms with Gasteiger partial charge in [-0.1, -0.05) is 6.08 Å². The van der Waals surface area contributed by atoms with Gasteiger partial charge >= 0.3 is 0 Å². The molecule has 9 heteroatoms. The second kappa shape index (κ2) is 6.98. The third-order valence-corrected chi connectivity index (χ3v) is 6.57. The van der Waals surface area contributed by atoms with Gasteiger partial charge in [-0.2, -0.15) is 0 Å². The molecule has 5 heterocycles. The molecule has 9 nitrogen and oxygen atoms in total. The van der Waals surface area contributed by atoms with Crippen molar-refractivity contribution in [3.8, 4) is 17.1 Å². The fraction of sp³-hybridized carbons (Fsp3) is 0.160. The van der Waals surface area contributed by atoms with E-state index in [9.17, 15) is 0 Å². The van der Waals surface area contributed by atoms with Crippen molar-refractivity contribution >= 4 is 39.4 Å². The molecule has 34 heavy (non-hydrogen) atoms. The fourth-order valence-electron chi connectivity index (χ4n) is 4.99. The molecule has 5 aromatic heterocycles. The number of fused-ring (bicyclic) bond motifs is 6. The summed E-state index contributed by atoms with van der Waals surface area (Å²) in [6.45, 7) is 4.18. The van der Waals surface area contributed by atoms with Crippen molar-refractivity contribution in [1.29, 1.82) is 0 Å². The van der Waals surface area contributed by atoms with Gasteiger partial charge < -0.3 is 4.42 Å². The summed E-state index contributed by atoms with van der Waals surface area (Å²) in [7, 11) is 0. The Bertz CT molecular complexity index is 1730. The molecule has 0 radical (unpaired) electrons. The van der Waals surface area contributed by atoms with Crippen LogP contribution < -0.4 is 0 Å². The Balaban J connectivity index is 1.71. The van der Waals surface area contributed by atoms with Crippen molar-refractivity contribution in [2.24, 2.45) is 0 Å². The maximum Gasteiger partial charge on any atom is 0.167 e. The first kappa shape index (κ1) is 19.0. The first-order valence-corrected chi connectivity index (χ1v) is 11.0. The maximum atomic E-state index is 6.57. The summed E-state index contributed by atoms with van der Waals surface area (Å²) in [6, 6.07) is 0. The van der Waals surface area contributed by atoms with Gasteiger partial charge in [0.15, 0.2) is 22.7 Å². The number of benzene rings is 1. The van der Waals surface area contributed by atoms with Crippen molar-refractivity contribution in [1.82, 2.24) is 39.5 Å². The molecule has 0 unspecified atom stereocenters. The Labute approximate surface area is 193 Å². The van der Waals surface area contributed by atoms with E-state index in [4.69, 9.17) is 4.42 Å². The highest BCUT2D eigenvalue weighted by Crippen LogP contribution is 2.44. The van der Waals surface area contributed by atoms with Gasteiger partial charge in [-0.25, -0.2) is 34.9 Å². The Hall–Kier alpha value is -4.53. The van der Waals surface area contributed by atoms with Gasteiger partial charge in [0.2, 0.25) is 0 Å². The number of hydrogen-bond donors (Lipinski definition) is 0. The molecular formula is C25H18N8O. The van der Waals surface area contributed by atoms with Crippen molar-refractivity contribution in [3.05, 3.63) is 66.0 Å². The predicted octanol–water partition coefficient (Wildman–Crippen LogP) is 4.54. The number of hydrogen-bond acceptors (Lipinski definition) is 8. The SMILES string of the molecule is Cc1c(C)c(-c2ncncn2)c2c3c(oc2c1-n1c2nccnc2c2nccnc21)C=CCC3. The standard InChI is InChI=1S/C25H18N8O/c1-13-14(2)21(33-24-19(27-7-9-29-24)20-25(33)30-10-8-28-20)22-18(15-5-3-4-6-16(15)34-22)17(13)23-31-11-26-12-32-23/h4,6-12H,3,5H2,1-2H3. The number of aromatic nitrogens is 8. The molecule has 7 rings (SSSR count). The smallest absolute Gasteiger partial charge is 0.167 e. The molecule has 0 aliphatic heterocycles. The topological polar surface area (TPSA) is 108 Å². The molecule has 0 atom stereocenters. The van der Waals surface area contributed by atoms with E-state index in [1.54, 1.807) is 24.8 Å². The van der Waals surface area contributed by atoms with Crippen molar-refractivity contribution < 1.29 is 4.42 Å². The van der Waals surface area contributed by atoms with Crippen LogP contribution in [0.15, 0.2) is 47.9 Å². The molecule has 0 bridgehead atoms. The van der Waals surface area contributed by atoms with Crippen LogP contribution in [-0.2, 0) is 6.42 Å². The minimum Gasteiger partial charge on any atom is -0.454 e. The lowest BCUT2D eigenvalue weighted by Crippen LogP contribution is -2.05. The van der Waals surface area contributed by atoms with Gasteiger partial charge in [0.1, 0.15) is 29.4 Å². The van der Waals surface area contributed by atoms with E-state index in [1.165, 1.54) is 12.7 Å². The van der Waals surface area contributed by atoms with Crippen molar-refractivity contribution in [2.75, 3.05) is 0 Å². The second-order valence-electron chi connectivity index (χ2n) is 8.32. The molecule has 1 aromatic carbocycles. The molecule has 0 fully saturated rings. The minimum atomic E-state index is 0.632. The summed E-state index contributed by atoms with van der Waals surface area (Å²) >= 11 is 0. The number of furan rings is 1. The number of allylic oxidation sites excluding steroid dienone is 1. The highest BCUT2D eigenvalue weighted by molar-refractivity contribution is 6.07. The minimum absolute atomic E-state index is 0.632. The summed E-state index contributed by atoms with van der Waals surface area (Å²) in [5.74, 6) is 1.49. The normalized spacial score (nSPS) is 13.2. The Morgan fingerprint density at radius 1 is 0.824 bits per heavy atom. The molecule has 0 N–H and O–H groups in total. The second-order valence-corrected chi connectivity index (χ2v) is 8.32. The van der Waals surface area contributed by atoms with Crippen LogP contribution >= 0.6 is 0 Å². The zero-order chi connectivity index (χ0) is 22.8. The Morgan fingerprint density at radius 2 is 1.50 bits per heavy atom. The highest BCUT2D eigenvalue weighted by Gasteiger charge is 2.29. The fourth-order valence-corrected chi connectivity index (χ4v) is 4.99. The van der Waals surface area contributed by atoms with Crippen LogP contribution in [-0.4, -0.2) is 39.5 Å². The molecule has 0 saturated carbocycles. The van der Waals surface area contributed by atoms with Crippen LogP contribution in [0, 0.1) is 13.8 Å². The molecule has 6 aromatic rings. The van der Waals surface area contributed by atoms with E-state index in [-0.39, 0.29) is 0 Å². The van der Waals surface area contributed by atoms with Crippen LogP contribution in [0.2, 0.25) is 0 Å². The van der Waals surface area contributed by atoms with Crippen molar-refractivity contribution in [3.63, 3.8) is 0 Å². The van der Waals surface area contributed by atoms with Gasteiger partial charge in [0.25, 0.3) is 0 Å². The number of rotatable bonds is 2. The summed E-state index contributed by atoms with van der Waals surface area (Å²) in [5.41, 5.74) is 8.63. The van der Waals surface area contributed by atoms with Crippen LogP contribution in [0.25, 0.3) is 56.4 Å². The lowest BCUT2D eigenvalue weighted by molar-refractivity contribution is 0.593. The maximum absolute atomic E-state index is 6.57. The van der Waals surface area contributed by atoms with E-state index < -0.39 is 0 Å². The third-order valence-electron chi connectivity index (χ3n) is 6.57. The summed E-state index contributed by atoms with van der Waals surface area (Å²) in [5, 5.41) is 1.02. The largest absolute Gasteiger partial charge is 0.454 e. The average molecular weight is 446 g/mol. The quantitative estimate of drug-likeness (QED) is 0.381. The first-order valence-electron chi connectivity index (χ1n) is 11.0. The van der Waals surface area contributed by atoms with Crippen LogP contribution in [0.1, 0.15) is 28.9 Å². The summed E-state index contributed by atoms with van der Waals surface area (Å²) in [4.78, 5) is 31.5. The summed E-state index contributed by atoms with van der Waals surface area (Å²) < 4.78 is 8.59. The van der Waals surface area contributed by atoms with E-state index in [0.717, 1.165) is 57.5 Å². The zero-order valence-corrected chi connectivity index (χ0v) is 18.5. The third kappa shape index (κ3) is 2.46. The van der Waals surface area contributed by atoms with Gasteiger partial charge in [0.05, 0.1) is 5.69 Å². The Morgan fingerprint density at radius 3 is 2.21 bits per heavy atom. The lowest BCUT2D eigenvalue weighted by atomic mass is 9.91. The molecule has 0 saturated heterocycles. The Kier molecular flexibility index (Phi) is 3.90. The number of nitrogens with zero attached hydrogens (tertiary/aromatic N) is 8. The van der Waals surface area contributed by atoms with E-state index in [1.807, 2.05) is 4.57 Å². The van der Waals surface area contributed by atoms with E-state index in [0.29, 0.717) is 28.2 Å². The van der Waals surface area contributed by atoms with Gasteiger partial charge in [-0.05, 0) is 43.9 Å². The van der Waals surface area contributed by atoms with Gasteiger partial charge in [-0.15, -0.1) is 0 Å². The molecule has 1 aliphatic carbocycles. The number of aryl methyl sites for hydroxylation is 1. The zero-order valence-electron chi connectivity index (χ0n) is 18.5. The van der Waals surface area contributed by atoms with Crippen LogP contribution in [0.3, 0.4) is 0 Å². The molecule has 0 amide bonds. The highest BCUT2D eigenvalue weighted by atomic mass is 16.3. The predicted molar refractivity (Wildman–Crippen MR) is 127 cm³/mol. The van der Waals surface area contributed by atoms with Gasteiger partial charge in [0, 0.05) is 41.3 Å². The average Bonchev–Trinajstić information content (AvgIpc) is 3.42. The molecule has 1 aliphatic rings. The molecule has 164 valence electrons. The van der Waals surface area contributed by atoms with E-state index in [2.05, 4.69) is 60.9 Å². The molecule has 0 spiro atoms. The summed E-state index contributed by atoms with van der Waals surface area (Å²) in [6.07, 6.45) is 15.8. The van der Waals surface area contributed by atoms with Gasteiger partial charge in [-0.3, -0.25) is 4.57 Å². The van der Waals surface area contributed by atoms with Crippen LogP contribution in [0.4, 0.5) is 0 Å². The van der Waals surface area contributed by atoms with Crippen LogP contribution in [0.5, 0.6) is 0 Å². The first-order chi connectivity index (χ1) is 16.7. The monoisotopic (exact) mass is 446 g/mol.